The van der Waals surface area contributed by atoms with Gasteiger partial charge in [0, 0.05) is 10.6 Å². The normalized spacial score (nSPS) is 10.6. The number of benzene rings is 2. The summed E-state index contributed by atoms with van der Waals surface area (Å²) in [6.45, 7) is 0. The Morgan fingerprint density at radius 1 is 1.10 bits per heavy atom. The van der Waals surface area contributed by atoms with Crippen LogP contribution in [-0.4, -0.2) is 20.4 Å². The van der Waals surface area contributed by atoms with E-state index in [0.717, 1.165) is 11.3 Å². The maximum atomic E-state index is 5.90. The van der Waals surface area contributed by atoms with Crippen LogP contribution in [0.15, 0.2) is 47.6 Å². The minimum Gasteiger partial charge on any atom is -0.493 e. The van der Waals surface area contributed by atoms with E-state index in [0.29, 0.717) is 16.5 Å². The van der Waals surface area contributed by atoms with Gasteiger partial charge in [-0.25, -0.2) is 0 Å². The number of hydrazone groups is 1. The molecule has 0 amide bonds. The van der Waals surface area contributed by atoms with Crippen LogP contribution >= 0.6 is 11.6 Å². The van der Waals surface area contributed by atoms with Crippen molar-refractivity contribution in [3.8, 4) is 11.5 Å². The van der Waals surface area contributed by atoms with E-state index in [4.69, 9.17) is 21.1 Å². The number of rotatable bonds is 5. The minimum atomic E-state index is 0.645. The van der Waals surface area contributed by atoms with Crippen molar-refractivity contribution in [2.24, 2.45) is 5.10 Å². The molecule has 0 saturated heterocycles. The molecular weight excluding hydrogens is 276 g/mol. The third kappa shape index (κ3) is 3.42. The zero-order chi connectivity index (χ0) is 14.4. The summed E-state index contributed by atoms with van der Waals surface area (Å²) in [7, 11) is 3.20. The molecule has 2 aromatic rings. The fourth-order valence-electron chi connectivity index (χ4n) is 1.75. The molecule has 0 aliphatic heterocycles. The first-order valence-electron chi connectivity index (χ1n) is 6.00. The molecule has 0 unspecified atom stereocenters. The number of hydrogen-bond acceptors (Lipinski definition) is 4. The van der Waals surface area contributed by atoms with Gasteiger partial charge in [0.25, 0.3) is 0 Å². The summed E-state index contributed by atoms with van der Waals surface area (Å²) in [4.78, 5) is 0. The first kappa shape index (κ1) is 14.2. The second kappa shape index (κ2) is 6.82. The van der Waals surface area contributed by atoms with Gasteiger partial charge in [-0.3, -0.25) is 5.43 Å². The van der Waals surface area contributed by atoms with Crippen molar-refractivity contribution in [3.63, 3.8) is 0 Å². The van der Waals surface area contributed by atoms with Crippen molar-refractivity contribution in [1.82, 2.24) is 0 Å². The van der Waals surface area contributed by atoms with Crippen LogP contribution < -0.4 is 14.9 Å². The molecule has 2 aromatic carbocycles. The first-order chi connectivity index (χ1) is 9.74. The number of halogens is 1. The van der Waals surface area contributed by atoms with E-state index >= 15 is 0 Å². The van der Waals surface area contributed by atoms with Crippen LogP contribution in [0.2, 0.25) is 5.02 Å². The molecule has 0 radical (unpaired) electrons. The topological polar surface area (TPSA) is 42.8 Å². The molecule has 0 heterocycles. The Balaban J connectivity index is 2.15. The number of nitrogens with zero attached hydrogens (tertiary/aromatic N) is 1. The molecule has 1 N–H and O–H groups in total. The van der Waals surface area contributed by atoms with Gasteiger partial charge in [0.2, 0.25) is 0 Å². The van der Waals surface area contributed by atoms with E-state index < -0.39 is 0 Å². The maximum Gasteiger partial charge on any atom is 0.169 e. The van der Waals surface area contributed by atoms with Crippen LogP contribution in [0.1, 0.15) is 5.56 Å². The fourth-order valence-corrected chi connectivity index (χ4v) is 1.94. The quantitative estimate of drug-likeness (QED) is 0.673. The Kier molecular flexibility index (Phi) is 4.85. The fraction of sp³-hybridized carbons (Fsp3) is 0.133. The molecule has 4 nitrogen and oxygen atoms in total. The molecule has 20 heavy (non-hydrogen) atoms. The summed E-state index contributed by atoms with van der Waals surface area (Å²) in [5, 5.41) is 4.82. The molecule has 0 atom stereocenters. The van der Waals surface area contributed by atoms with Gasteiger partial charge < -0.3 is 9.47 Å². The lowest BCUT2D eigenvalue weighted by molar-refractivity contribution is 0.354. The Morgan fingerprint density at radius 2 is 1.90 bits per heavy atom. The van der Waals surface area contributed by atoms with Crippen LogP contribution in [0.3, 0.4) is 0 Å². The molecular formula is C15H15ClN2O2. The third-order valence-corrected chi connectivity index (χ3v) is 2.89. The maximum absolute atomic E-state index is 5.90. The highest BCUT2D eigenvalue weighted by atomic mass is 35.5. The number of nitrogens with one attached hydrogen (secondary N) is 1. The van der Waals surface area contributed by atoms with Crippen molar-refractivity contribution in [3.05, 3.63) is 53.1 Å². The van der Waals surface area contributed by atoms with Gasteiger partial charge in [-0.15, -0.1) is 0 Å². The van der Waals surface area contributed by atoms with Crippen LogP contribution in [0.5, 0.6) is 11.5 Å². The zero-order valence-corrected chi connectivity index (χ0v) is 12.0. The largest absolute Gasteiger partial charge is 0.493 e. The van der Waals surface area contributed by atoms with Gasteiger partial charge in [-0.05, 0) is 30.3 Å². The Bertz CT molecular complexity index is 615. The summed E-state index contributed by atoms with van der Waals surface area (Å²) < 4.78 is 10.6. The Morgan fingerprint density at radius 3 is 2.60 bits per heavy atom. The molecule has 0 aliphatic carbocycles. The molecule has 0 saturated carbocycles. The lowest BCUT2D eigenvalue weighted by atomic mass is 10.2. The molecule has 0 bridgehead atoms. The first-order valence-corrected chi connectivity index (χ1v) is 6.38. The third-order valence-electron chi connectivity index (χ3n) is 2.66. The van der Waals surface area contributed by atoms with Crippen LogP contribution in [0, 0.1) is 0 Å². The number of para-hydroxylation sites is 1. The molecule has 2 rings (SSSR count). The highest BCUT2D eigenvalue weighted by Gasteiger charge is 2.06. The average molecular weight is 291 g/mol. The van der Waals surface area contributed by atoms with E-state index in [9.17, 15) is 0 Å². The average Bonchev–Trinajstić information content (AvgIpc) is 2.47. The van der Waals surface area contributed by atoms with Gasteiger partial charge in [0.15, 0.2) is 11.5 Å². The van der Waals surface area contributed by atoms with Crippen molar-refractivity contribution >= 4 is 23.5 Å². The van der Waals surface area contributed by atoms with E-state index in [1.165, 1.54) is 0 Å². The van der Waals surface area contributed by atoms with E-state index in [-0.39, 0.29) is 0 Å². The monoisotopic (exact) mass is 290 g/mol. The van der Waals surface area contributed by atoms with E-state index in [2.05, 4.69) is 10.5 Å². The van der Waals surface area contributed by atoms with E-state index in [1.807, 2.05) is 36.4 Å². The summed E-state index contributed by atoms with van der Waals surface area (Å²) in [6.07, 6.45) is 1.67. The van der Waals surface area contributed by atoms with Gasteiger partial charge >= 0.3 is 0 Å². The van der Waals surface area contributed by atoms with Crippen molar-refractivity contribution in [2.45, 2.75) is 0 Å². The zero-order valence-electron chi connectivity index (χ0n) is 11.3. The second-order valence-corrected chi connectivity index (χ2v) is 4.40. The smallest absolute Gasteiger partial charge is 0.169 e. The predicted octanol–water partition coefficient (Wildman–Crippen LogP) is 3.80. The molecule has 104 valence electrons. The van der Waals surface area contributed by atoms with Crippen molar-refractivity contribution in [1.29, 1.82) is 0 Å². The highest BCUT2D eigenvalue weighted by molar-refractivity contribution is 6.30. The number of anilines is 1. The molecule has 0 aliphatic rings. The Labute approximate surface area is 123 Å². The van der Waals surface area contributed by atoms with E-state index in [1.54, 1.807) is 26.5 Å². The lowest BCUT2D eigenvalue weighted by Gasteiger charge is -2.09. The molecule has 0 fully saturated rings. The van der Waals surface area contributed by atoms with Crippen molar-refractivity contribution < 1.29 is 9.47 Å². The number of hydrogen-bond donors (Lipinski definition) is 1. The van der Waals surface area contributed by atoms with Crippen molar-refractivity contribution in [2.75, 3.05) is 19.6 Å². The standard InChI is InChI=1S/C15H15ClN2O2/c1-19-14-8-3-5-11(15(14)20-2)10-17-18-13-7-4-6-12(16)9-13/h3-10,18H,1-2H3/b17-10-. The predicted molar refractivity (Wildman–Crippen MR) is 82.2 cm³/mol. The minimum absolute atomic E-state index is 0.645. The molecule has 0 spiro atoms. The van der Waals surface area contributed by atoms with Crippen LogP contribution in [0.25, 0.3) is 0 Å². The summed E-state index contributed by atoms with van der Waals surface area (Å²) in [6, 6.07) is 12.9. The molecule has 5 heteroatoms. The highest BCUT2D eigenvalue weighted by Crippen LogP contribution is 2.29. The Hall–Kier alpha value is -2.20. The van der Waals surface area contributed by atoms with Gasteiger partial charge in [-0.1, -0.05) is 23.7 Å². The van der Waals surface area contributed by atoms with Crippen LogP contribution in [0.4, 0.5) is 5.69 Å². The summed E-state index contributed by atoms with van der Waals surface area (Å²) in [5.41, 5.74) is 4.55. The lowest BCUT2D eigenvalue weighted by Crippen LogP contribution is -1.96. The molecule has 0 aromatic heterocycles. The van der Waals surface area contributed by atoms with Gasteiger partial charge in [-0.2, -0.15) is 5.10 Å². The summed E-state index contributed by atoms with van der Waals surface area (Å²) in [5.74, 6) is 1.31. The van der Waals surface area contributed by atoms with Gasteiger partial charge in [0.05, 0.1) is 26.1 Å². The number of ether oxygens (including phenoxy) is 2. The second-order valence-electron chi connectivity index (χ2n) is 3.96. The van der Waals surface area contributed by atoms with Crippen LogP contribution in [-0.2, 0) is 0 Å². The summed E-state index contributed by atoms with van der Waals surface area (Å²) >= 11 is 5.90. The SMILES string of the molecule is COc1cccc(/C=N\Nc2cccc(Cl)c2)c1OC. The number of methoxy groups -OCH3 is 2. The van der Waals surface area contributed by atoms with Gasteiger partial charge in [0.1, 0.15) is 0 Å².